The number of phenols is 1. The van der Waals surface area contributed by atoms with E-state index in [9.17, 15) is 30.0 Å². The lowest BCUT2D eigenvalue weighted by atomic mass is 9.99. The van der Waals surface area contributed by atoms with Crippen molar-refractivity contribution in [3.63, 3.8) is 0 Å². The van der Waals surface area contributed by atoms with Gasteiger partial charge in [0, 0.05) is 12.8 Å². The number of ether oxygens (including phenoxy) is 4. The first-order valence-corrected chi connectivity index (χ1v) is 8.89. The van der Waals surface area contributed by atoms with E-state index in [-0.39, 0.29) is 23.6 Å². The van der Waals surface area contributed by atoms with E-state index in [0.717, 1.165) is 0 Å². The minimum atomic E-state index is -1.87. The van der Waals surface area contributed by atoms with Crippen molar-refractivity contribution < 1.29 is 54.1 Å². The molecule has 0 bridgehead atoms. The number of methoxy groups -OCH3 is 1. The SMILES string of the molecule is COc1cc(CC2CCC(=O)O2)cc(O)c1OC1OC(C(=O)O)C(O)C(O)C1O. The van der Waals surface area contributed by atoms with Crippen LogP contribution in [-0.2, 0) is 25.5 Å². The molecule has 29 heavy (non-hydrogen) atoms. The van der Waals surface area contributed by atoms with Crippen LogP contribution in [0.15, 0.2) is 12.1 Å². The molecular formula is C18H22O11. The topological polar surface area (TPSA) is 172 Å². The van der Waals surface area contributed by atoms with Crippen molar-refractivity contribution >= 4 is 11.9 Å². The summed E-state index contributed by atoms with van der Waals surface area (Å²) in [7, 11) is 1.30. The van der Waals surface area contributed by atoms with Crippen molar-refractivity contribution in [2.75, 3.05) is 7.11 Å². The van der Waals surface area contributed by atoms with Crippen LogP contribution in [-0.4, -0.2) is 81.4 Å². The lowest BCUT2D eigenvalue weighted by molar-refractivity contribution is -0.271. The van der Waals surface area contributed by atoms with Gasteiger partial charge in [0.25, 0.3) is 0 Å². The van der Waals surface area contributed by atoms with E-state index in [2.05, 4.69) is 0 Å². The van der Waals surface area contributed by atoms with Crippen LogP contribution in [0.1, 0.15) is 18.4 Å². The number of cyclic esters (lactones) is 1. The maximum Gasteiger partial charge on any atom is 0.335 e. The summed E-state index contributed by atoms with van der Waals surface area (Å²) in [6, 6.07) is 2.87. The molecule has 3 rings (SSSR count). The fraction of sp³-hybridized carbons (Fsp3) is 0.556. The molecule has 0 aliphatic carbocycles. The van der Waals surface area contributed by atoms with E-state index in [1.807, 2.05) is 0 Å². The highest BCUT2D eigenvalue weighted by atomic mass is 16.7. The van der Waals surface area contributed by atoms with Gasteiger partial charge in [-0.2, -0.15) is 0 Å². The second kappa shape index (κ2) is 8.41. The Morgan fingerprint density at radius 2 is 1.93 bits per heavy atom. The van der Waals surface area contributed by atoms with Crippen molar-refractivity contribution in [3.8, 4) is 17.2 Å². The van der Waals surface area contributed by atoms with Crippen LogP contribution in [0.4, 0.5) is 0 Å². The summed E-state index contributed by atoms with van der Waals surface area (Å²) in [5, 5.41) is 49.1. The summed E-state index contributed by atoms with van der Waals surface area (Å²) in [4.78, 5) is 22.4. The number of carboxylic acids is 1. The Morgan fingerprint density at radius 3 is 2.52 bits per heavy atom. The van der Waals surface area contributed by atoms with E-state index in [1.165, 1.54) is 19.2 Å². The molecule has 5 N–H and O–H groups in total. The van der Waals surface area contributed by atoms with Gasteiger partial charge in [-0.25, -0.2) is 4.79 Å². The second-order valence-corrected chi connectivity index (χ2v) is 6.85. The van der Waals surface area contributed by atoms with Crippen LogP contribution < -0.4 is 9.47 Å². The molecule has 6 atom stereocenters. The highest BCUT2D eigenvalue weighted by Gasteiger charge is 2.48. The van der Waals surface area contributed by atoms with Crippen LogP contribution in [0.3, 0.4) is 0 Å². The van der Waals surface area contributed by atoms with Gasteiger partial charge < -0.3 is 44.5 Å². The van der Waals surface area contributed by atoms with Gasteiger partial charge in [0.15, 0.2) is 17.6 Å². The third kappa shape index (κ3) is 4.37. The monoisotopic (exact) mass is 414 g/mol. The van der Waals surface area contributed by atoms with E-state index in [4.69, 9.17) is 24.1 Å². The predicted octanol–water partition coefficient (Wildman–Crippen LogP) is -1.08. The zero-order chi connectivity index (χ0) is 21.3. The molecule has 0 spiro atoms. The van der Waals surface area contributed by atoms with Gasteiger partial charge in [-0.3, -0.25) is 4.79 Å². The summed E-state index contributed by atoms with van der Waals surface area (Å²) < 4.78 is 20.8. The number of carboxylic acid groups (broad SMARTS) is 1. The Kier molecular flexibility index (Phi) is 6.13. The summed E-state index contributed by atoms with van der Waals surface area (Å²) in [6.07, 6.45) is -8.15. The minimum absolute atomic E-state index is 0.0487. The summed E-state index contributed by atoms with van der Waals surface area (Å²) >= 11 is 0. The van der Waals surface area contributed by atoms with Gasteiger partial charge in [0.1, 0.15) is 24.4 Å². The fourth-order valence-corrected chi connectivity index (χ4v) is 3.29. The Morgan fingerprint density at radius 1 is 1.21 bits per heavy atom. The molecule has 2 fully saturated rings. The van der Waals surface area contributed by atoms with Crippen LogP contribution in [0.2, 0.25) is 0 Å². The van der Waals surface area contributed by atoms with Crippen molar-refractivity contribution in [2.45, 2.75) is 56.1 Å². The Labute approximate surface area is 165 Å². The molecular weight excluding hydrogens is 392 g/mol. The Hall–Kier alpha value is -2.60. The van der Waals surface area contributed by atoms with E-state index >= 15 is 0 Å². The standard InChI is InChI=1S/C18H22O11/c1-26-10-6-7(4-8-2-3-11(20)27-8)5-9(19)15(10)28-18-14(23)12(21)13(22)16(29-18)17(24)25/h5-6,8,12-14,16,18-19,21-23H,2-4H2,1H3,(H,24,25). The summed E-state index contributed by atoms with van der Waals surface area (Å²) in [5.74, 6) is -2.45. The van der Waals surface area contributed by atoms with Gasteiger partial charge in [-0.05, 0) is 24.1 Å². The van der Waals surface area contributed by atoms with E-state index in [1.54, 1.807) is 0 Å². The van der Waals surface area contributed by atoms with E-state index in [0.29, 0.717) is 24.8 Å². The zero-order valence-electron chi connectivity index (χ0n) is 15.4. The Balaban J connectivity index is 1.80. The maximum absolute atomic E-state index is 11.2. The van der Waals surface area contributed by atoms with Crippen LogP contribution in [0.25, 0.3) is 0 Å². The largest absolute Gasteiger partial charge is 0.504 e. The number of aliphatic carboxylic acids is 1. The first kappa shape index (κ1) is 21.1. The average molecular weight is 414 g/mol. The third-order valence-corrected chi connectivity index (χ3v) is 4.79. The molecule has 0 aromatic heterocycles. The highest BCUT2D eigenvalue weighted by Crippen LogP contribution is 2.40. The summed E-state index contributed by atoms with van der Waals surface area (Å²) in [6.45, 7) is 0. The number of aliphatic hydroxyl groups is 3. The van der Waals surface area contributed by atoms with Gasteiger partial charge in [-0.1, -0.05) is 0 Å². The summed E-state index contributed by atoms with van der Waals surface area (Å²) in [5.41, 5.74) is 0.593. The van der Waals surface area contributed by atoms with Crippen LogP contribution >= 0.6 is 0 Å². The molecule has 160 valence electrons. The minimum Gasteiger partial charge on any atom is -0.504 e. The van der Waals surface area contributed by atoms with Crippen molar-refractivity contribution in [1.29, 1.82) is 0 Å². The van der Waals surface area contributed by atoms with Crippen molar-refractivity contribution in [3.05, 3.63) is 17.7 Å². The second-order valence-electron chi connectivity index (χ2n) is 6.85. The quantitative estimate of drug-likeness (QED) is 0.358. The number of esters is 1. The first-order valence-electron chi connectivity index (χ1n) is 8.89. The molecule has 0 amide bonds. The Bertz CT molecular complexity index is 779. The molecule has 0 saturated carbocycles. The lowest BCUT2D eigenvalue weighted by Gasteiger charge is -2.38. The molecule has 11 heteroatoms. The number of hydrogen-bond acceptors (Lipinski definition) is 10. The molecule has 1 aromatic carbocycles. The number of benzene rings is 1. The number of hydrogen-bond donors (Lipinski definition) is 5. The number of aromatic hydroxyl groups is 1. The average Bonchev–Trinajstić information content (AvgIpc) is 3.07. The molecule has 2 saturated heterocycles. The third-order valence-electron chi connectivity index (χ3n) is 4.79. The molecule has 0 radical (unpaired) electrons. The van der Waals surface area contributed by atoms with Gasteiger partial charge in [-0.15, -0.1) is 0 Å². The van der Waals surface area contributed by atoms with Crippen LogP contribution in [0, 0.1) is 0 Å². The van der Waals surface area contributed by atoms with Gasteiger partial charge >= 0.3 is 11.9 Å². The number of carbonyl (C=O) groups excluding carboxylic acids is 1. The molecule has 11 nitrogen and oxygen atoms in total. The maximum atomic E-state index is 11.2. The number of aliphatic hydroxyl groups excluding tert-OH is 3. The smallest absolute Gasteiger partial charge is 0.335 e. The van der Waals surface area contributed by atoms with Crippen molar-refractivity contribution in [2.24, 2.45) is 0 Å². The molecule has 2 aliphatic rings. The number of carbonyl (C=O) groups is 2. The number of phenolic OH excluding ortho intramolecular Hbond substituents is 1. The van der Waals surface area contributed by atoms with Gasteiger partial charge in [0.2, 0.25) is 12.0 Å². The molecule has 6 unspecified atom stereocenters. The lowest BCUT2D eigenvalue weighted by Crippen LogP contribution is -2.61. The normalized spacial score (nSPS) is 31.9. The molecule has 2 aliphatic heterocycles. The highest BCUT2D eigenvalue weighted by molar-refractivity contribution is 5.73. The molecule has 2 heterocycles. The van der Waals surface area contributed by atoms with E-state index < -0.39 is 42.4 Å². The fourth-order valence-electron chi connectivity index (χ4n) is 3.29. The first-order chi connectivity index (χ1) is 13.7. The predicted molar refractivity (Wildman–Crippen MR) is 92.4 cm³/mol. The van der Waals surface area contributed by atoms with Gasteiger partial charge in [0.05, 0.1) is 7.11 Å². The number of rotatable bonds is 6. The zero-order valence-corrected chi connectivity index (χ0v) is 15.4. The van der Waals surface area contributed by atoms with Crippen LogP contribution in [0.5, 0.6) is 17.2 Å². The molecule has 1 aromatic rings. The van der Waals surface area contributed by atoms with Crippen molar-refractivity contribution in [1.82, 2.24) is 0 Å².